The number of nitrogens with one attached hydrogen (secondary N) is 2. The van der Waals surface area contributed by atoms with E-state index in [2.05, 4.69) is 22.1 Å². The summed E-state index contributed by atoms with van der Waals surface area (Å²) in [5.41, 5.74) is 4.40. The maximum atomic E-state index is 12.0. The van der Waals surface area contributed by atoms with Crippen LogP contribution in [0.5, 0.6) is 0 Å². The Kier molecular flexibility index (Phi) is 6.62. The number of amides is 2. The van der Waals surface area contributed by atoms with Crippen LogP contribution in [0, 0.1) is 13.8 Å². The van der Waals surface area contributed by atoms with Gasteiger partial charge in [-0.3, -0.25) is 0 Å². The number of aryl methyl sites for hydroxylation is 2. The molecule has 0 unspecified atom stereocenters. The molecule has 1 aromatic carbocycles. The molecular formula is C18H24N2O2S. The first kappa shape index (κ1) is 17.5. The SMILES string of the molecule is Cc1ccc(NC(=O)NCC[C@H](CCO)c2ccsc2)cc1C. The van der Waals surface area contributed by atoms with Gasteiger partial charge in [0.25, 0.3) is 0 Å². The zero-order valence-electron chi connectivity index (χ0n) is 13.6. The van der Waals surface area contributed by atoms with E-state index in [0.717, 1.165) is 24.1 Å². The molecule has 4 nitrogen and oxygen atoms in total. The molecule has 2 amide bonds. The molecule has 23 heavy (non-hydrogen) atoms. The van der Waals surface area contributed by atoms with Crippen LogP contribution in [0.4, 0.5) is 10.5 Å². The third-order valence-electron chi connectivity index (χ3n) is 4.04. The molecule has 0 radical (unpaired) electrons. The molecule has 0 bridgehead atoms. The molecule has 0 fully saturated rings. The number of hydrogen-bond acceptors (Lipinski definition) is 3. The van der Waals surface area contributed by atoms with Gasteiger partial charge in [0.15, 0.2) is 0 Å². The van der Waals surface area contributed by atoms with Crippen molar-refractivity contribution in [1.82, 2.24) is 5.32 Å². The molecule has 1 atom stereocenters. The minimum Gasteiger partial charge on any atom is -0.396 e. The Hall–Kier alpha value is -1.85. The van der Waals surface area contributed by atoms with Gasteiger partial charge in [0.05, 0.1) is 0 Å². The molecule has 0 aliphatic rings. The van der Waals surface area contributed by atoms with Crippen molar-refractivity contribution in [3.05, 3.63) is 51.7 Å². The number of carbonyl (C=O) groups excluding carboxylic acids is 1. The molecule has 5 heteroatoms. The molecule has 0 saturated carbocycles. The maximum Gasteiger partial charge on any atom is 0.319 e. The van der Waals surface area contributed by atoms with Crippen molar-refractivity contribution in [2.75, 3.05) is 18.5 Å². The van der Waals surface area contributed by atoms with Gasteiger partial charge in [-0.2, -0.15) is 11.3 Å². The number of benzene rings is 1. The summed E-state index contributed by atoms with van der Waals surface area (Å²) in [6, 6.07) is 7.76. The quantitative estimate of drug-likeness (QED) is 0.716. The van der Waals surface area contributed by atoms with Gasteiger partial charge in [-0.05, 0) is 78.3 Å². The highest BCUT2D eigenvalue weighted by atomic mass is 32.1. The lowest BCUT2D eigenvalue weighted by Crippen LogP contribution is -2.30. The average Bonchev–Trinajstić information content (AvgIpc) is 3.04. The van der Waals surface area contributed by atoms with Crippen LogP contribution in [-0.4, -0.2) is 24.3 Å². The molecule has 0 spiro atoms. The summed E-state index contributed by atoms with van der Waals surface area (Å²) < 4.78 is 0. The van der Waals surface area contributed by atoms with Gasteiger partial charge in [-0.15, -0.1) is 0 Å². The second kappa shape index (κ2) is 8.70. The molecule has 3 N–H and O–H groups in total. The van der Waals surface area contributed by atoms with E-state index in [1.54, 1.807) is 11.3 Å². The van der Waals surface area contributed by atoms with Crippen LogP contribution in [0.1, 0.15) is 35.4 Å². The highest BCUT2D eigenvalue weighted by molar-refractivity contribution is 7.07. The van der Waals surface area contributed by atoms with Crippen LogP contribution >= 0.6 is 11.3 Å². The Balaban J connectivity index is 1.80. The minimum absolute atomic E-state index is 0.162. The fraction of sp³-hybridized carbons (Fsp3) is 0.389. The van der Waals surface area contributed by atoms with E-state index < -0.39 is 0 Å². The van der Waals surface area contributed by atoms with Crippen LogP contribution in [0.3, 0.4) is 0 Å². The first-order valence-electron chi connectivity index (χ1n) is 7.85. The molecule has 2 aromatic rings. The lowest BCUT2D eigenvalue weighted by molar-refractivity contribution is 0.250. The lowest BCUT2D eigenvalue weighted by Gasteiger charge is -2.15. The summed E-state index contributed by atoms with van der Waals surface area (Å²) in [5.74, 6) is 0.285. The molecule has 1 aromatic heterocycles. The van der Waals surface area contributed by atoms with E-state index in [4.69, 9.17) is 0 Å². The number of aliphatic hydroxyl groups is 1. The highest BCUT2D eigenvalue weighted by Crippen LogP contribution is 2.24. The third kappa shape index (κ3) is 5.37. The summed E-state index contributed by atoms with van der Waals surface area (Å²) in [4.78, 5) is 12.0. The van der Waals surface area contributed by atoms with E-state index in [1.165, 1.54) is 11.1 Å². The topological polar surface area (TPSA) is 61.4 Å². The summed E-state index contributed by atoms with van der Waals surface area (Å²) in [7, 11) is 0. The average molecular weight is 332 g/mol. The van der Waals surface area contributed by atoms with Crippen molar-refractivity contribution in [1.29, 1.82) is 0 Å². The minimum atomic E-state index is -0.193. The first-order chi connectivity index (χ1) is 11.1. The number of anilines is 1. The fourth-order valence-electron chi connectivity index (χ4n) is 2.50. The van der Waals surface area contributed by atoms with E-state index in [9.17, 15) is 9.90 Å². The van der Waals surface area contributed by atoms with Crippen LogP contribution in [-0.2, 0) is 0 Å². The second-order valence-electron chi connectivity index (χ2n) is 5.73. The van der Waals surface area contributed by atoms with Crippen LogP contribution < -0.4 is 10.6 Å². The molecule has 124 valence electrons. The summed E-state index contributed by atoms with van der Waals surface area (Å²) >= 11 is 1.66. The Morgan fingerprint density at radius 3 is 2.70 bits per heavy atom. The molecule has 0 saturated heterocycles. The van der Waals surface area contributed by atoms with Crippen molar-refractivity contribution >= 4 is 23.1 Å². The number of thiophene rings is 1. The van der Waals surface area contributed by atoms with Gasteiger partial charge in [0.1, 0.15) is 0 Å². The summed E-state index contributed by atoms with van der Waals surface area (Å²) in [6.45, 7) is 4.82. The van der Waals surface area contributed by atoms with Crippen molar-refractivity contribution in [2.45, 2.75) is 32.6 Å². The number of rotatable bonds is 7. The number of carbonyl (C=O) groups is 1. The van der Waals surface area contributed by atoms with E-state index in [-0.39, 0.29) is 18.6 Å². The van der Waals surface area contributed by atoms with Gasteiger partial charge in [-0.1, -0.05) is 6.07 Å². The lowest BCUT2D eigenvalue weighted by atomic mass is 9.95. The van der Waals surface area contributed by atoms with Crippen molar-refractivity contribution in [3.8, 4) is 0 Å². The molecule has 0 aliphatic heterocycles. The predicted molar refractivity (Wildman–Crippen MR) is 96.3 cm³/mol. The fourth-order valence-corrected chi connectivity index (χ4v) is 3.24. The number of urea groups is 1. The normalized spacial score (nSPS) is 12.0. The Morgan fingerprint density at radius 1 is 1.22 bits per heavy atom. The second-order valence-corrected chi connectivity index (χ2v) is 6.51. The molecule has 2 rings (SSSR count). The van der Waals surface area contributed by atoms with Gasteiger partial charge < -0.3 is 15.7 Å². The molecular weight excluding hydrogens is 308 g/mol. The van der Waals surface area contributed by atoms with Crippen molar-refractivity contribution < 1.29 is 9.90 Å². The van der Waals surface area contributed by atoms with Gasteiger partial charge in [0, 0.05) is 18.8 Å². The molecule has 1 heterocycles. The van der Waals surface area contributed by atoms with E-state index in [0.29, 0.717) is 6.54 Å². The smallest absolute Gasteiger partial charge is 0.319 e. The van der Waals surface area contributed by atoms with Crippen LogP contribution in [0.15, 0.2) is 35.0 Å². The largest absolute Gasteiger partial charge is 0.396 e. The third-order valence-corrected chi connectivity index (χ3v) is 4.74. The van der Waals surface area contributed by atoms with E-state index in [1.807, 2.05) is 37.4 Å². The van der Waals surface area contributed by atoms with Gasteiger partial charge in [0.2, 0.25) is 0 Å². The van der Waals surface area contributed by atoms with Crippen molar-refractivity contribution in [2.24, 2.45) is 0 Å². The van der Waals surface area contributed by atoms with Gasteiger partial charge >= 0.3 is 6.03 Å². The zero-order chi connectivity index (χ0) is 16.7. The Labute approximate surface area is 141 Å². The monoisotopic (exact) mass is 332 g/mol. The van der Waals surface area contributed by atoms with Crippen LogP contribution in [0.2, 0.25) is 0 Å². The summed E-state index contributed by atoms with van der Waals surface area (Å²) in [5, 5.41) is 19.1. The number of aliphatic hydroxyl groups excluding tert-OH is 1. The highest BCUT2D eigenvalue weighted by Gasteiger charge is 2.12. The zero-order valence-corrected chi connectivity index (χ0v) is 14.5. The van der Waals surface area contributed by atoms with E-state index >= 15 is 0 Å². The van der Waals surface area contributed by atoms with Gasteiger partial charge in [-0.25, -0.2) is 4.79 Å². The first-order valence-corrected chi connectivity index (χ1v) is 8.79. The standard InChI is InChI=1S/C18H24N2O2S/c1-13-3-4-17(11-14(13)2)20-18(22)19-8-5-15(6-9-21)16-7-10-23-12-16/h3-4,7,10-12,15,21H,5-6,8-9H2,1-2H3,(H2,19,20,22)/t15-/m1/s1. The summed E-state index contributed by atoms with van der Waals surface area (Å²) in [6.07, 6.45) is 1.54. The Bertz CT molecular complexity index is 626. The Morgan fingerprint density at radius 2 is 2.04 bits per heavy atom. The van der Waals surface area contributed by atoms with Crippen LogP contribution in [0.25, 0.3) is 0 Å². The molecule has 0 aliphatic carbocycles. The predicted octanol–water partition coefficient (Wildman–Crippen LogP) is 4.04. The van der Waals surface area contributed by atoms with Crippen molar-refractivity contribution in [3.63, 3.8) is 0 Å². The maximum absolute atomic E-state index is 12.0. The number of hydrogen-bond donors (Lipinski definition) is 3.